The van der Waals surface area contributed by atoms with Crippen molar-refractivity contribution in [2.24, 2.45) is 0 Å². The van der Waals surface area contributed by atoms with Crippen LogP contribution in [0.15, 0.2) is 53.3 Å². The van der Waals surface area contributed by atoms with Gasteiger partial charge < -0.3 is 15.2 Å². The molecule has 0 aliphatic carbocycles. The summed E-state index contributed by atoms with van der Waals surface area (Å²) in [4.78, 5) is 36.5. The number of halogens is 3. The second kappa shape index (κ2) is 7.38. The van der Waals surface area contributed by atoms with Crippen molar-refractivity contribution in [2.45, 2.75) is 19.1 Å². The molecule has 2 aromatic carbocycles. The molecule has 1 N–H and O–H groups in total. The molecule has 3 rings (SSSR count). The summed E-state index contributed by atoms with van der Waals surface area (Å²) in [6, 6.07) is 8.33. The molecule has 0 aliphatic heterocycles. The van der Waals surface area contributed by atoms with Crippen LogP contribution < -0.4 is 16.0 Å². The number of alkyl halides is 3. The topological polar surface area (TPSA) is 104 Å². The summed E-state index contributed by atoms with van der Waals surface area (Å²) in [5.41, 5.74) is -2.01. The molecule has 1 atom stereocenters. The van der Waals surface area contributed by atoms with Crippen molar-refractivity contribution in [3.8, 4) is 0 Å². The molecule has 1 heterocycles. The van der Waals surface area contributed by atoms with Crippen molar-refractivity contribution < 1.29 is 27.9 Å². The number of carboxylic acids is 1. The van der Waals surface area contributed by atoms with Crippen molar-refractivity contribution >= 4 is 28.3 Å². The Morgan fingerprint density at radius 3 is 2.21 bits per heavy atom. The third-order valence-corrected chi connectivity index (χ3v) is 4.25. The average molecular weight is 404 g/mol. The third kappa shape index (κ3) is 3.96. The molecule has 0 saturated heterocycles. The Labute approximate surface area is 161 Å². The largest absolute Gasteiger partial charge is 0.543 e. The fraction of sp³-hybridized carbons (Fsp3) is 0.158. The van der Waals surface area contributed by atoms with E-state index in [0.717, 1.165) is 24.3 Å². The van der Waals surface area contributed by atoms with Crippen molar-refractivity contribution in [1.82, 2.24) is 9.78 Å². The number of anilines is 1. The van der Waals surface area contributed by atoms with Gasteiger partial charge in [0.15, 0.2) is 0 Å². The summed E-state index contributed by atoms with van der Waals surface area (Å²) >= 11 is 0. The van der Waals surface area contributed by atoms with Crippen LogP contribution in [0.3, 0.4) is 0 Å². The van der Waals surface area contributed by atoms with Crippen molar-refractivity contribution in [2.75, 3.05) is 5.32 Å². The maximum Gasteiger partial charge on any atom is 0.416 e. The Morgan fingerprint density at radius 1 is 1.07 bits per heavy atom. The lowest BCUT2D eigenvalue weighted by Gasteiger charge is -2.17. The third-order valence-electron chi connectivity index (χ3n) is 4.25. The van der Waals surface area contributed by atoms with Crippen LogP contribution in [0, 0.1) is 0 Å². The first-order valence-corrected chi connectivity index (χ1v) is 8.30. The van der Waals surface area contributed by atoms with Crippen LogP contribution in [0.1, 0.15) is 29.0 Å². The highest BCUT2D eigenvalue weighted by molar-refractivity contribution is 6.00. The zero-order valence-corrected chi connectivity index (χ0v) is 14.9. The van der Waals surface area contributed by atoms with Crippen LogP contribution in [-0.2, 0) is 11.0 Å². The van der Waals surface area contributed by atoms with Crippen LogP contribution in [0.5, 0.6) is 0 Å². The number of carbonyl (C=O) groups is 2. The van der Waals surface area contributed by atoms with E-state index in [4.69, 9.17) is 0 Å². The zero-order chi connectivity index (χ0) is 21.3. The summed E-state index contributed by atoms with van der Waals surface area (Å²) in [6.45, 7) is 1.31. The molecular weight excluding hydrogens is 391 g/mol. The van der Waals surface area contributed by atoms with Gasteiger partial charge in [-0.25, -0.2) is 4.68 Å². The standard InChI is InChI=1S/C19H14F3N3O4/c1-10(16(26)23-12-8-6-11(7-9-12)19(20,21)22)25-17(27)14-5-3-2-4-13(14)15(24-25)18(28)29/h2-10H,1H3,(H,23,26)(H,28,29)/p-1/t10-/m0/s1. The molecule has 0 aliphatic rings. The Kier molecular flexibility index (Phi) is 5.10. The number of benzene rings is 2. The van der Waals surface area contributed by atoms with Gasteiger partial charge >= 0.3 is 6.18 Å². The van der Waals surface area contributed by atoms with Gasteiger partial charge in [0, 0.05) is 11.1 Å². The maximum atomic E-state index is 12.6. The Bertz CT molecular complexity index is 1150. The molecule has 150 valence electrons. The average Bonchev–Trinajstić information content (AvgIpc) is 2.67. The molecule has 0 unspecified atom stereocenters. The number of hydrogen-bond donors (Lipinski definition) is 1. The van der Waals surface area contributed by atoms with E-state index in [-0.39, 0.29) is 16.5 Å². The molecule has 29 heavy (non-hydrogen) atoms. The molecule has 10 heteroatoms. The van der Waals surface area contributed by atoms with Gasteiger partial charge in [-0.2, -0.15) is 18.3 Å². The molecule has 0 fully saturated rings. The predicted molar refractivity (Wildman–Crippen MR) is 95.1 cm³/mol. The number of carboxylic acid groups (broad SMARTS) is 1. The van der Waals surface area contributed by atoms with E-state index in [0.29, 0.717) is 4.68 Å². The highest BCUT2D eigenvalue weighted by Crippen LogP contribution is 2.29. The van der Waals surface area contributed by atoms with Crippen molar-refractivity contribution in [3.63, 3.8) is 0 Å². The lowest BCUT2D eigenvalue weighted by Crippen LogP contribution is -2.36. The van der Waals surface area contributed by atoms with E-state index in [1.54, 1.807) is 0 Å². The molecule has 0 radical (unpaired) electrons. The zero-order valence-electron chi connectivity index (χ0n) is 14.9. The first-order valence-electron chi connectivity index (χ1n) is 8.30. The van der Waals surface area contributed by atoms with Crippen molar-refractivity contribution in [3.05, 3.63) is 70.1 Å². The number of fused-ring (bicyclic) bond motifs is 1. The van der Waals surface area contributed by atoms with E-state index in [9.17, 15) is 32.7 Å². The van der Waals surface area contributed by atoms with Gasteiger partial charge in [-0.3, -0.25) is 9.59 Å². The lowest BCUT2D eigenvalue weighted by atomic mass is 10.1. The quantitative estimate of drug-likeness (QED) is 0.716. The summed E-state index contributed by atoms with van der Waals surface area (Å²) in [6.07, 6.45) is -4.51. The number of amides is 1. The smallest absolute Gasteiger partial charge is 0.416 e. The molecule has 0 saturated carbocycles. The number of rotatable bonds is 4. The van der Waals surface area contributed by atoms with Crippen molar-refractivity contribution in [1.29, 1.82) is 0 Å². The summed E-state index contributed by atoms with van der Waals surface area (Å²) < 4.78 is 38.6. The molecular formula is C19H13F3N3O4-. The molecule has 1 aromatic heterocycles. The van der Waals surface area contributed by atoms with Crippen LogP contribution in [0.2, 0.25) is 0 Å². The second-order valence-corrected chi connectivity index (χ2v) is 6.17. The molecule has 0 bridgehead atoms. The van der Waals surface area contributed by atoms with Gasteiger partial charge in [-0.15, -0.1) is 0 Å². The van der Waals surface area contributed by atoms with E-state index >= 15 is 0 Å². The van der Waals surface area contributed by atoms with E-state index < -0.39 is 40.9 Å². The van der Waals surface area contributed by atoms with Gasteiger partial charge in [0.2, 0.25) is 5.91 Å². The summed E-state index contributed by atoms with van der Waals surface area (Å²) in [5.74, 6) is -2.38. The minimum Gasteiger partial charge on any atom is -0.543 e. The molecule has 1 amide bonds. The van der Waals surface area contributed by atoms with Crippen LogP contribution >= 0.6 is 0 Å². The van der Waals surface area contributed by atoms with Gasteiger partial charge in [0.1, 0.15) is 11.7 Å². The Hall–Kier alpha value is -3.69. The fourth-order valence-corrected chi connectivity index (χ4v) is 2.72. The summed E-state index contributed by atoms with van der Waals surface area (Å²) in [7, 11) is 0. The summed E-state index contributed by atoms with van der Waals surface area (Å²) in [5, 5.41) is 17.6. The van der Waals surface area contributed by atoms with Crippen LogP contribution in [-0.4, -0.2) is 21.7 Å². The fourth-order valence-electron chi connectivity index (χ4n) is 2.72. The maximum absolute atomic E-state index is 12.6. The monoisotopic (exact) mass is 404 g/mol. The molecule has 7 nitrogen and oxygen atoms in total. The second-order valence-electron chi connectivity index (χ2n) is 6.17. The minimum absolute atomic E-state index is 0.0379. The Balaban J connectivity index is 1.94. The first-order chi connectivity index (χ1) is 13.6. The minimum atomic E-state index is -4.51. The first kappa shape index (κ1) is 20.1. The van der Waals surface area contributed by atoms with Gasteiger partial charge in [-0.05, 0) is 37.3 Å². The number of carbonyl (C=O) groups excluding carboxylic acids is 2. The van der Waals surface area contributed by atoms with E-state index in [1.807, 2.05) is 0 Å². The van der Waals surface area contributed by atoms with Crippen LogP contribution in [0.4, 0.5) is 18.9 Å². The van der Waals surface area contributed by atoms with E-state index in [2.05, 4.69) is 10.4 Å². The number of aromatic nitrogens is 2. The number of aromatic carboxylic acids is 1. The number of hydrogen-bond acceptors (Lipinski definition) is 5. The highest BCUT2D eigenvalue weighted by atomic mass is 19.4. The molecule has 0 spiro atoms. The van der Waals surface area contributed by atoms with Gasteiger partial charge in [0.25, 0.3) is 5.56 Å². The van der Waals surface area contributed by atoms with E-state index in [1.165, 1.54) is 31.2 Å². The normalized spacial score (nSPS) is 12.6. The number of nitrogens with zero attached hydrogens (tertiary/aromatic N) is 2. The lowest BCUT2D eigenvalue weighted by molar-refractivity contribution is -0.255. The highest BCUT2D eigenvalue weighted by Gasteiger charge is 2.30. The van der Waals surface area contributed by atoms with Crippen LogP contribution in [0.25, 0.3) is 10.8 Å². The Morgan fingerprint density at radius 2 is 1.66 bits per heavy atom. The SMILES string of the molecule is C[C@@H](C(=O)Nc1ccc(C(F)(F)F)cc1)n1nc(C(=O)[O-])c2ccccc2c1=O. The van der Waals surface area contributed by atoms with Gasteiger partial charge in [-0.1, -0.05) is 18.2 Å². The number of nitrogens with one attached hydrogen (secondary N) is 1. The molecule has 3 aromatic rings. The van der Waals surface area contributed by atoms with Gasteiger partial charge in [0.05, 0.1) is 16.9 Å². The predicted octanol–water partition coefficient (Wildman–Crippen LogP) is 1.98.